The van der Waals surface area contributed by atoms with Crippen LogP contribution in [0, 0.1) is 10.1 Å². The molecule has 2 rings (SSSR count). The number of guanidine groups is 1. The van der Waals surface area contributed by atoms with E-state index in [-0.39, 0.29) is 42.2 Å². The van der Waals surface area contributed by atoms with Crippen LogP contribution < -0.4 is 15.8 Å². The lowest BCUT2D eigenvalue weighted by Gasteiger charge is -2.08. The third-order valence-electron chi connectivity index (χ3n) is 3.03. The van der Waals surface area contributed by atoms with Gasteiger partial charge in [0.2, 0.25) is 0 Å². The van der Waals surface area contributed by atoms with Crippen LogP contribution in [0.4, 0.5) is 11.4 Å². The Labute approximate surface area is 161 Å². The minimum atomic E-state index is -0.447. The van der Waals surface area contributed by atoms with Gasteiger partial charge in [-0.15, -0.1) is 24.0 Å². The molecule has 7 nitrogen and oxygen atoms in total. The quantitative estimate of drug-likeness (QED) is 0.231. The predicted molar refractivity (Wildman–Crippen MR) is 105 cm³/mol. The topological polar surface area (TPSA) is 103 Å². The number of nitrogens with zero attached hydrogens (tertiary/aromatic N) is 2. The van der Waals surface area contributed by atoms with E-state index in [9.17, 15) is 10.1 Å². The van der Waals surface area contributed by atoms with Crippen molar-refractivity contribution in [3.8, 4) is 5.75 Å². The molecule has 0 fully saturated rings. The SMILES string of the molecule is COc1ccc(NC(N)=NCc2ccccc2[N+](=O)[O-])cc1Cl.I. The van der Waals surface area contributed by atoms with E-state index in [4.69, 9.17) is 22.1 Å². The number of methoxy groups -OCH3 is 1. The number of nitro groups is 1. The third-order valence-corrected chi connectivity index (χ3v) is 3.33. The number of rotatable bonds is 5. The number of nitrogens with two attached hydrogens (primary N) is 1. The average molecular weight is 463 g/mol. The van der Waals surface area contributed by atoms with E-state index >= 15 is 0 Å². The van der Waals surface area contributed by atoms with Crippen LogP contribution in [0.1, 0.15) is 5.56 Å². The van der Waals surface area contributed by atoms with Crippen molar-refractivity contribution >= 4 is 52.9 Å². The number of halogens is 2. The van der Waals surface area contributed by atoms with Gasteiger partial charge in [-0.1, -0.05) is 29.8 Å². The number of para-hydroxylation sites is 1. The largest absolute Gasteiger partial charge is 0.495 e. The molecule has 0 aliphatic rings. The van der Waals surface area contributed by atoms with Gasteiger partial charge in [-0.05, 0) is 18.2 Å². The summed E-state index contributed by atoms with van der Waals surface area (Å²) in [5, 5.41) is 14.2. The molecule has 0 radical (unpaired) electrons. The van der Waals surface area contributed by atoms with E-state index in [1.165, 1.54) is 13.2 Å². The van der Waals surface area contributed by atoms with Gasteiger partial charge in [0.25, 0.3) is 5.69 Å². The zero-order chi connectivity index (χ0) is 16.8. The number of nitrogens with one attached hydrogen (secondary N) is 1. The first-order chi connectivity index (χ1) is 11.0. The number of nitro benzene ring substituents is 1. The maximum Gasteiger partial charge on any atom is 0.274 e. The summed E-state index contributed by atoms with van der Waals surface area (Å²) in [6, 6.07) is 11.5. The number of hydrogen-bond donors (Lipinski definition) is 2. The molecule has 128 valence electrons. The maximum absolute atomic E-state index is 10.9. The molecule has 0 amide bonds. The second-order valence-electron chi connectivity index (χ2n) is 4.56. The predicted octanol–water partition coefficient (Wildman–Crippen LogP) is 3.80. The Morgan fingerprint density at radius 2 is 2.08 bits per heavy atom. The molecule has 0 saturated carbocycles. The normalized spacial score (nSPS) is 10.7. The first kappa shape index (κ1) is 20.0. The van der Waals surface area contributed by atoms with Gasteiger partial charge in [0.1, 0.15) is 5.75 Å². The molecular formula is C15H16ClIN4O3. The fraction of sp³-hybridized carbons (Fsp3) is 0.133. The Balaban J connectivity index is 0.00000288. The molecule has 0 spiro atoms. The summed E-state index contributed by atoms with van der Waals surface area (Å²) >= 11 is 6.02. The van der Waals surface area contributed by atoms with E-state index in [0.29, 0.717) is 22.0 Å². The maximum atomic E-state index is 10.9. The van der Waals surface area contributed by atoms with Crippen LogP contribution >= 0.6 is 35.6 Å². The molecule has 0 aromatic heterocycles. The Bertz CT molecular complexity index is 755. The molecule has 24 heavy (non-hydrogen) atoms. The molecular weight excluding hydrogens is 447 g/mol. The lowest BCUT2D eigenvalue weighted by atomic mass is 10.2. The van der Waals surface area contributed by atoms with Crippen LogP contribution in [-0.4, -0.2) is 18.0 Å². The lowest BCUT2D eigenvalue weighted by molar-refractivity contribution is -0.385. The third kappa shape index (κ3) is 5.24. The first-order valence-electron chi connectivity index (χ1n) is 6.64. The minimum Gasteiger partial charge on any atom is -0.495 e. The number of benzene rings is 2. The van der Waals surface area contributed by atoms with E-state index in [1.807, 2.05) is 0 Å². The molecule has 0 bridgehead atoms. The number of aliphatic imine (C=N–C) groups is 1. The van der Waals surface area contributed by atoms with Crippen LogP contribution in [0.15, 0.2) is 47.5 Å². The highest BCUT2D eigenvalue weighted by Crippen LogP contribution is 2.27. The highest BCUT2D eigenvalue weighted by molar-refractivity contribution is 14.0. The Hall–Kier alpha value is -2.07. The second kappa shape index (κ2) is 9.28. The van der Waals surface area contributed by atoms with Gasteiger partial charge in [0.05, 0.1) is 29.2 Å². The van der Waals surface area contributed by atoms with Crippen LogP contribution in [0.5, 0.6) is 5.75 Å². The number of anilines is 1. The summed E-state index contributed by atoms with van der Waals surface area (Å²) in [6.45, 7) is 0.0971. The molecule has 3 N–H and O–H groups in total. The molecule has 0 saturated heterocycles. The summed E-state index contributed by atoms with van der Waals surface area (Å²) in [7, 11) is 1.52. The van der Waals surface area contributed by atoms with E-state index in [0.717, 1.165) is 0 Å². The summed E-state index contributed by atoms with van der Waals surface area (Å²) < 4.78 is 5.06. The van der Waals surface area contributed by atoms with Gasteiger partial charge in [0.15, 0.2) is 5.96 Å². The Kier molecular flexibility index (Phi) is 7.72. The summed E-state index contributed by atoms with van der Waals surface area (Å²) in [4.78, 5) is 14.6. The molecule has 0 heterocycles. The highest BCUT2D eigenvalue weighted by Gasteiger charge is 2.11. The zero-order valence-electron chi connectivity index (χ0n) is 12.7. The van der Waals surface area contributed by atoms with Crippen LogP contribution in [0.25, 0.3) is 0 Å². The van der Waals surface area contributed by atoms with Gasteiger partial charge < -0.3 is 15.8 Å². The van der Waals surface area contributed by atoms with Crippen LogP contribution in [0.3, 0.4) is 0 Å². The summed E-state index contributed by atoms with van der Waals surface area (Å²) in [6.07, 6.45) is 0. The molecule has 0 unspecified atom stereocenters. The van der Waals surface area contributed by atoms with E-state index in [1.54, 1.807) is 36.4 Å². The molecule has 2 aromatic rings. The van der Waals surface area contributed by atoms with Crippen molar-refractivity contribution in [2.45, 2.75) is 6.54 Å². The first-order valence-corrected chi connectivity index (χ1v) is 7.02. The number of ether oxygens (including phenoxy) is 1. The summed E-state index contributed by atoms with van der Waals surface area (Å²) in [5.41, 5.74) is 6.93. The lowest BCUT2D eigenvalue weighted by Crippen LogP contribution is -2.22. The number of hydrogen-bond acceptors (Lipinski definition) is 4. The van der Waals surface area contributed by atoms with Gasteiger partial charge in [-0.3, -0.25) is 10.1 Å². The minimum absolute atomic E-state index is 0. The van der Waals surface area contributed by atoms with Gasteiger partial charge >= 0.3 is 0 Å². The van der Waals surface area contributed by atoms with Crippen LogP contribution in [0.2, 0.25) is 5.02 Å². The average Bonchev–Trinajstić information content (AvgIpc) is 2.53. The van der Waals surface area contributed by atoms with Crippen molar-refractivity contribution in [3.05, 3.63) is 63.2 Å². The van der Waals surface area contributed by atoms with Crippen molar-refractivity contribution in [2.24, 2.45) is 10.7 Å². The van der Waals surface area contributed by atoms with Crippen molar-refractivity contribution in [3.63, 3.8) is 0 Å². The van der Waals surface area contributed by atoms with Crippen molar-refractivity contribution in [2.75, 3.05) is 12.4 Å². The molecule has 9 heteroatoms. The molecule has 0 atom stereocenters. The molecule has 0 aliphatic heterocycles. The Morgan fingerprint density at radius 1 is 1.38 bits per heavy atom. The van der Waals surface area contributed by atoms with Gasteiger partial charge in [-0.25, -0.2) is 4.99 Å². The van der Waals surface area contributed by atoms with Gasteiger partial charge in [-0.2, -0.15) is 0 Å². The Morgan fingerprint density at radius 3 is 2.71 bits per heavy atom. The smallest absolute Gasteiger partial charge is 0.274 e. The second-order valence-corrected chi connectivity index (χ2v) is 4.97. The highest BCUT2D eigenvalue weighted by atomic mass is 127. The fourth-order valence-corrected chi connectivity index (χ4v) is 2.18. The molecule has 2 aromatic carbocycles. The van der Waals surface area contributed by atoms with Gasteiger partial charge in [0, 0.05) is 11.8 Å². The van der Waals surface area contributed by atoms with Crippen molar-refractivity contribution in [1.82, 2.24) is 0 Å². The summed E-state index contributed by atoms with van der Waals surface area (Å²) in [5.74, 6) is 0.678. The van der Waals surface area contributed by atoms with Crippen LogP contribution in [-0.2, 0) is 6.54 Å². The standard InChI is InChI=1S/C15H15ClN4O3.HI/c1-23-14-7-6-11(8-12(14)16)19-15(17)18-9-10-4-2-3-5-13(10)20(21)22;/h2-8H,9H2,1H3,(H3,17,18,19);1H. The van der Waals surface area contributed by atoms with Crippen molar-refractivity contribution in [1.29, 1.82) is 0 Å². The van der Waals surface area contributed by atoms with E-state index in [2.05, 4.69) is 10.3 Å². The van der Waals surface area contributed by atoms with E-state index < -0.39 is 4.92 Å². The molecule has 0 aliphatic carbocycles. The zero-order valence-corrected chi connectivity index (χ0v) is 15.8. The fourth-order valence-electron chi connectivity index (χ4n) is 1.92. The van der Waals surface area contributed by atoms with Crippen molar-refractivity contribution < 1.29 is 9.66 Å². The monoisotopic (exact) mass is 462 g/mol.